The molecule has 9 aromatic rings. The SMILES string of the molecule is Bc1c(B)c(B)c(-c2c3ccc(C(C)(C)C)cc3c(-c3ccc(-c4c(B)c(B)c5oc6c(B)c(B)c(B)c(B)c6c5c4-c4ccccc4)cc3)c3ccc(C(C)(C)C)cc23)c(B)c1B. The third-order valence-electron chi connectivity index (χ3n) is 15.7. The fourth-order valence-corrected chi connectivity index (χ4v) is 10.8. The molecule has 1 heterocycles. The van der Waals surface area contributed by atoms with Gasteiger partial charge in [-0.2, -0.15) is 0 Å². The molecule has 0 radical (unpaired) electrons. The summed E-state index contributed by atoms with van der Waals surface area (Å²) in [6, 6.07) is 35.2. The molecule has 0 aliphatic heterocycles. The highest BCUT2D eigenvalue weighted by Gasteiger charge is 2.27. The van der Waals surface area contributed by atoms with Gasteiger partial charge in [0.15, 0.2) is 0 Å². The predicted molar refractivity (Wildman–Crippen MR) is 318 cm³/mol. The van der Waals surface area contributed by atoms with E-state index in [9.17, 15) is 0 Å². The maximum Gasteiger partial charge on any atom is 0.143 e. The molecule has 64 heavy (non-hydrogen) atoms. The lowest BCUT2D eigenvalue weighted by Gasteiger charge is -2.27. The van der Waals surface area contributed by atoms with Crippen molar-refractivity contribution in [3.8, 4) is 44.5 Å². The van der Waals surface area contributed by atoms with Crippen LogP contribution in [-0.4, -0.2) is 86.3 Å². The molecule has 0 saturated carbocycles. The summed E-state index contributed by atoms with van der Waals surface area (Å²) >= 11 is 0. The summed E-state index contributed by atoms with van der Waals surface area (Å²) in [6.07, 6.45) is 0. The van der Waals surface area contributed by atoms with E-state index < -0.39 is 0 Å². The molecular formula is C52H55B11O. The quantitative estimate of drug-likeness (QED) is 0.131. The average molecular weight is 815 g/mol. The van der Waals surface area contributed by atoms with E-state index >= 15 is 0 Å². The van der Waals surface area contributed by atoms with Crippen molar-refractivity contribution in [3.63, 3.8) is 0 Å². The molecule has 0 aliphatic carbocycles. The Hall–Kier alpha value is -5.21. The molecule has 0 spiro atoms. The summed E-state index contributed by atoms with van der Waals surface area (Å²) < 4.78 is 6.96. The zero-order chi connectivity index (χ0) is 46.1. The van der Waals surface area contributed by atoms with Gasteiger partial charge in [-0.25, -0.2) is 0 Å². The molecule has 0 bridgehead atoms. The van der Waals surface area contributed by atoms with E-state index in [1.54, 1.807) is 0 Å². The molecule has 9 rings (SSSR count). The van der Waals surface area contributed by atoms with Crippen LogP contribution in [0.15, 0.2) is 95.4 Å². The molecule has 1 aromatic heterocycles. The zero-order valence-electron chi connectivity index (χ0n) is 41.6. The van der Waals surface area contributed by atoms with Crippen molar-refractivity contribution >= 4 is 190 Å². The maximum atomic E-state index is 6.96. The van der Waals surface area contributed by atoms with Gasteiger partial charge in [0.05, 0.1) is 0 Å². The Labute approximate surface area is 391 Å². The molecule has 8 aromatic carbocycles. The molecule has 0 atom stereocenters. The highest BCUT2D eigenvalue weighted by molar-refractivity contribution is 6.70. The first-order chi connectivity index (χ1) is 30.1. The number of hydrogen-bond donors (Lipinski definition) is 0. The van der Waals surface area contributed by atoms with Crippen molar-refractivity contribution in [1.82, 2.24) is 0 Å². The van der Waals surface area contributed by atoms with Crippen LogP contribution in [-0.2, 0) is 10.8 Å². The van der Waals surface area contributed by atoms with E-state index in [0.29, 0.717) is 0 Å². The van der Waals surface area contributed by atoms with Crippen molar-refractivity contribution < 1.29 is 4.42 Å². The number of furan rings is 1. The second kappa shape index (κ2) is 15.5. The minimum Gasteiger partial charge on any atom is -0.457 e. The zero-order valence-corrected chi connectivity index (χ0v) is 41.6. The normalized spacial score (nSPS) is 12.3. The van der Waals surface area contributed by atoms with Gasteiger partial charge in [0.25, 0.3) is 0 Å². The van der Waals surface area contributed by atoms with E-state index in [1.165, 1.54) is 148 Å². The number of benzene rings is 8. The van der Waals surface area contributed by atoms with Crippen LogP contribution in [0.3, 0.4) is 0 Å². The average Bonchev–Trinajstić information content (AvgIpc) is 3.67. The Balaban J connectivity index is 1.39. The highest BCUT2D eigenvalue weighted by atomic mass is 16.3. The van der Waals surface area contributed by atoms with Crippen LogP contribution in [0.25, 0.3) is 88.0 Å². The number of rotatable bonds is 4. The van der Waals surface area contributed by atoms with Crippen LogP contribution in [0.2, 0.25) is 0 Å². The Morgan fingerprint density at radius 2 is 0.703 bits per heavy atom. The minimum absolute atomic E-state index is 0.00977. The van der Waals surface area contributed by atoms with Gasteiger partial charge in [0.1, 0.15) is 97.5 Å². The van der Waals surface area contributed by atoms with Gasteiger partial charge in [0.2, 0.25) is 0 Å². The van der Waals surface area contributed by atoms with Crippen LogP contribution in [0.4, 0.5) is 0 Å². The predicted octanol–water partition coefficient (Wildman–Crippen LogP) is -4.00. The fraction of sp³-hybridized carbons (Fsp3) is 0.154. The summed E-state index contributed by atoms with van der Waals surface area (Å²) in [5.41, 5.74) is 29.4. The third kappa shape index (κ3) is 6.67. The summed E-state index contributed by atoms with van der Waals surface area (Å²) in [5.74, 6) is 0. The molecule has 0 fully saturated rings. The van der Waals surface area contributed by atoms with Crippen LogP contribution < -0.4 is 60.1 Å². The maximum absolute atomic E-state index is 6.96. The summed E-state index contributed by atoms with van der Waals surface area (Å²) in [5, 5.41) is 7.69. The van der Waals surface area contributed by atoms with Crippen molar-refractivity contribution in [2.24, 2.45) is 0 Å². The van der Waals surface area contributed by atoms with Gasteiger partial charge < -0.3 is 4.42 Å². The first-order valence-electron chi connectivity index (χ1n) is 23.4. The Morgan fingerprint density at radius 1 is 0.312 bits per heavy atom. The van der Waals surface area contributed by atoms with Crippen LogP contribution in [0.5, 0.6) is 0 Å². The van der Waals surface area contributed by atoms with E-state index in [2.05, 4.69) is 219 Å². The van der Waals surface area contributed by atoms with Crippen molar-refractivity contribution in [2.45, 2.75) is 52.4 Å². The molecule has 0 amide bonds. The van der Waals surface area contributed by atoms with Crippen molar-refractivity contribution in [3.05, 3.63) is 102 Å². The summed E-state index contributed by atoms with van der Waals surface area (Å²) in [6.45, 7) is 14.0. The van der Waals surface area contributed by atoms with E-state index in [4.69, 9.17) is 4.42 Å². The van der Waals surface area contributed by atoms with E-state index in [0.717, 1.165) is 11.2 Å². The smallest absolute Gasteiger partial charge is 0.143 e. The lowest BCUT2D eigenvalue weighted by atomic mass is 9.59. The molecule has 0 saturated heterocycles. The first-order valence-corrected chi connectivity index (χ1v) is 23.4. The second-order valence-electron chi connectivity index (χ2n) is 21.2. The van der Waals surface area contributed by atoms with Crippen LogP contribution >= 0.6 is 0 Å². The van der Waals surface area contributed by atoms with Gasteiger partial charge in [-0.1, -0.05) is 159 Å². The van der Waals surface area contributed by atoms with Gasteiger partial charge in [-0.05, 0) is 94.6 Å². The number of fused-ring (bicyclic) bond motifs is 5. The van der Waals surface area contributed by atoms with Crippen LogP contribution in [0.1, 0.15) is 52.7 Å². The van der Waals surface area contributed by atoms with Crippen molar-refractivity contribution in [1.29, 1.82) is 0 Å². The Morgan fingerprint density at radius 3 is 1.23 bits per heavy atom. The Kier molecular flexibility index (Phi) is 10.6. The monoisotopic (exact) mass is 817 g/mol. The van der Waals surface area contributed by atoms with E-state index in [1.807, 2.05) is 0 Å². The van der Waals surface area contributed by atoms with Gasteiger partial charge in [-0.15, -0.1) is 21.9 Å². The lowest BCUT2D eigenvalue weighted by molar-refractivity contribution is 0.590. The summed E-state index contributed by atoms with van der Waals surface area (Å²) in [7, 11) is 25.1. The minimum atomic E-state index is -0.0172. The molecule has 12 heteroatoms. The van der Waals surface area contributed by atoms with Crippen molar-refractivity contribution in [2.75, 3.05) is 0 Å². The molecule has 1 nitrogen and oxygen atoms in total. The standard InChI is InChI=1S/C52H55B11O/c1-51(2,3)25-17-19-28-29(20-25)31(27-18-16-26(52(4,5)6)21-30(27)34(28)36-39(54)42(57)45(60)43(58)40(36)55)23-12-14-24(15-13-23)33-32(22-10-8-7-9-11-22)35-37-41(56)44(59)46(61)48(63)50(37)64-49(35)47(62)38(33)53/h7-21H,53-63H2,1-6H3. The summed E-state index contributed by atoms with van der Waals surface area (Å²) in [4.78, 5) is 0. The highest BCUT2D eigenvalue weighted by Crippen LogP contribution is 2.46. The second-order valence-corrected chi connectivity index (χ2v) is 21.2. The number of hydrogen-bond acceptors (Lipinski definition) is 1. The Bertz CT molecular complexity index is 3420. The molecule has 0 unspecified atom stereocenters. The first kappa shape index (κ1) is 44.0. The van der Waals surface area contributed by atoms with Gasteiger partial charge in [0, 0.05) is 16.3 Å². The topological polar surface area (TPSA) is 13.1 Å². The fourth-order valence-electron chi connectivity index (χ4n) is 10.8. The van der Waals surface area contributed by atoms with Crippen LogP contribution in [0, 0.1) is 0 Å². The third-order valence-corrected chi connectivity index (χ3v) is 15.7. The largest absolute Gasteiger partial charge is 0.457 e. The molecule has 0 aliphatic rings. The molecule has 0 N–H and O–H groups in total. The van der Waals surface area contributed by atoms with E-state index in [-0.39, 0.29) is 10.8 Å². The molecular weight excluding hydrogens is 760 g/mol. The van der Waals surface area contributed by atoms with Gasteiger partial charge in [-0.3, -0.25) is 0 Å². The van der Waals surface area contributed by atoms with Gasteiger partial charge >= 0.3 is 0 Å². The molecule has 302 valence electrons. The lowest BCUT2D eigenvalue weighted by Crippen LogP contribution is -2.55.